The highest BCUT2D eigenvalue weighted by Crippen LogP contribution is 2.49. The molecule has 0 spiro atoms. The smallest absolute Gasteiger partial charge is 0.264 e. The first-order chi connectivity index (χ1) is 17.5. The Balaban J connectivity index is 1.42. The molecule has 0 unspecified atom stereocenters. The van der Waals surface area contributed by atoms with E-state index in [2.05, 4.69) is 17.1 Å². The molecule has 2 aromatic carbocycles. The Kier molecular flexibility index (Phi) is 6.57. The second kappa shape index (κ2) is 9.81. The number of anilines is 1. The van der Waals surface area contributed by atoms with Crippen molar-refractivity contribution in [3.05, 3.63) is 53.1 Å². The molecule has 1 N–H and O–H groups in total. The summed E-state index contributed by atoms with van der Waals surface area (Å²) in [6, 6.07) is 11.0. The maximum atomic E-state index is 13.7. The first kappa shape index (κ1) is 24.1. The van der Waals surface area contributed by atoms with E-state index >= 15 is 0 Å². The molecule has 0 aromatic heterocycles. The maximum absolute atomic E-state index is 13.7. The lowest BCUT2D eigenvalue weighted by Crippen LogP contribution is -2.49. The van der Waals surface area contributed by atoms with E-state index in [1.165, 1.54) is 14.2 Å². The maximum Gasteiger partial charge on any atom is 0.264 e. The van der Waals surface area contributed by atoms with Gasteiger partial charge in [0.25, 0.3) is 11.8 Å². The predicted octanol–water partition coefficient (Wildman–Crippen LogP) is 2.81. The Morgan fingerprint density at radius 1 is 1.08 bits per heavy atom. The van der Waals surface area contributed by atoms with E-state index in [-0.39, 0.29) is 30.7 Å². The number of likely N-dealkylation sites (N-methyl/N-ethyl adjacent to an activating group) is 1. The van der Waals surface area contributed by atoms with E-state index in [1.54, 1.807) is 40.1 Å². The van der Waals surface area contributed by atoms with Crippen LogP contribution in [0.2, 0.25) is 0 Å². The predicted molar refractivity (Wildman–Crippen MR) is 134 cm³/mol. The van der Waals surface area contributed by atoms with Gasteiger partial charge in [0.1, 0.15) is 6.17 Å². The summed E-state index contributed by atoms with van der Waals surface area (Å²) >= 11 is 0. The van der Waals surface area contributed by atoms with Crippen molar-refractivity contribution in [1.29, 1.82) is 0 Å². The Morgan fingerprint density at radius 3 is 2.64 bits per heavy atom. The lowest BCUT2D eigenvalue weighted by Gasteiger charge is -2.40. The van der Waals surface area contributed by atoms with Crippen molar-refractivity contribution in [1.82, 2.24) is 15.1 Å². The van der Waals surface area contributed by atoms with Gasteiger partial charge in [-0.3, -0.25) is 24.2 Å². The largest absolute Gasteiger partial charge is 0.493 e. The third-order valence-electron chi connectivity index (χ3n) is 7.50. The highest BCUT2D eigenvalue weighted by atomic mass is 16.5. The van der Waals surface area contributed by atoms with Crippen LogP contribution in [-0.2, 0) is 4.79 Å². The van der Waals surface area contributed by atoms with Gasteiger partial charge < -0.3 is 19.7 Å². The SMILES string of the molecule is CCN1CCC[C@H]1CNC(=O)CCN1C(=O)c2ccccc2N2C(=O)c3c(ccc(OC)c3OC)[C@@H]12. The molecule has 0 aliphatic carbocycles. The quantitative estimate of drug-likeness (QED) is 0.610. The minimum atomic E-state index is -0.659. The van der Waals surface area contributed by atoms with Gasteiger partial charge in [-0.25, -0.2) is 0 Å². The van der Waals surface area contributed by atoms with Crippen molar-refractivity contribution in [2.75, 3.05) is 45.3 Å². The third kappa shape index (κ3) is 3.87. The van der Waals surface area contributed by atoms with Gasteiger partial charge >= 0.3 is 0 Å². The minimum absolute atomic E-state index is 0.104. The van der Waals surface area contributed by atoms with Gasteiger partial charge in [-0.2, -0.15) is 0 Å². The highest BCUT2D eigenvalue weighted by molar-refractivity contribution is 6.18. The third-order valence-corrected chi connectivity index (χ3v) is 7.50. The number of para-hydroxylation sites is 1. The second-order valence-corrected chi connectivity index (χ2v) is 9.31. The van der Waals surface area contributed by atoms with Crippen LogP contribution in [0, 0.1) is 0 Å². The summed E-state index contributed by atoms with van der Waals surface area (Å²) < 4.78 is 11.0. The van der Waals surface area contributed by atoms with Crippen LogP contribution >= 0.6 is 0 Å². The molecule has 0 radical (unpaired) electrons. The zero-order chi connectivity index (χ0) is 25.4. The van der Waals surface area contributed by atoms with Crippen molar-refractivity contribution in [2.24, 2.45) is 0 Å². The Morgan fingerprint density at radius 2 is 1.89 bits per heavy atom. The average Bonchev–Trinajstić information content (AvgIpc) is 3.49. The molecule has 3 aliphatic heterocycles. The molecule has 0 bridgehead atoms. The van der Waals surface area contributed by atoms with E-state index in [0.717, 1.165) is 25.9 Å². The summed E-state index contributed by atoms with van der Waals surface area (Å²) in [6.07, 6.45) is 1.72. The summed E-state index contributed by atoms with van der Waals surface area (Å²) in [6.45, 7) is 4.97. The van der Waals surface area contributed by atoms with Gasteiger partial charge in [0.05, 0.1) is 31.0 Å². The fourth-order valence-electron chi connectivity index (χ4n) is 5.74. The van der Waals surface area contributed by atoms with Crippen molar-refractivity contribution in [3.63, 3.8) is 0 Å². The molecule has 3 heterocycles. The minimum Gasteiger partial charge on any atom is -0.493 e. The fraction of sp³-hybridized carbons (Fsp3) is 0.444. The number of nitrogens with zero attached hydrogens (tertiary/aromatic N) is 3. The van der Waals surface area contributed by atoms with Crippen molar-refractivity contribution < 1.29 is 23.9 Å². The van der Waals surface area contributed by atoms with Gasteiger partial charge in [0.15, 0.2) is 11.5 Å². The molecular formula is C27H32N4O5. The lowest BCUT2D eigenvalue weighted by molar-refractivity contribution is -0.121. The molecule has 9 heteroatoms. The number of rotatable bonds is 8. The Bertz CT molecular complexity index is 1200. The number of carbonyl (C=O) groups is 3. The zero-order valence-electron chi connectivity index (χ0n) is 21.0. The number of hydrogen-bond donors (Lipinski definition) is 1. The number of ether oxygens (including phenoxy) is 2. The molecule has 2 atom stereocenters. The Labute approximate surface area is 210 Å². The molecular weight excluding hydrogens is 460 g/mol. The lowest BCUT2D eigenvalue weighted by atomic mass is 10.0. The molecule has 9 nitrogen and oxygen atoms in total. The topological polar surface area (TPSA) is 91.4 Å². The number of methoxy groups -OCH3 is 2. The van der Waals surface area contributed by atoms with Gasteiger partial charge in [-0.1, -0.05) is 25.1 Å². The van der Waals surface area contributed by atoms with E-state index in [4.69, 9.17) is 9.47 Å². The average molecular weight is 493 g/mol. The van der Waals surface area contributed by atoms with Gasteiger partial charge in [0.2, 0.25) is 5.91 Å². The number of likely N-dealkylation sites (tertiary alicyclic amines) is 1. The summed E-state index contributed by atoms with van der Waals surface area (Å²) in [4.78, 5) is 45.7. The molecule has 3 amide bonds. The number of hydrogen-bond acceptors (Lipinski definition) is 6. The van der Waals surface area contributed by atoms with Crippen LogP contribution in [0.1, 0.15) is 58.6 Å². The molecule has 1 saturated heterocycles. The van der Waals surface area contributed by atoms with Crippen LogP contribution in [0.15, 0.2) is 36.4 Å². The van der Waals surface area contributed by atoms with E-state index < -0.39 is 6.17 Å². The van der Waals surface area contributed by atoms with Crippen molar-refractivity contribution in [3.8, 4) is 11.5 Å². The van der Waals surface area contributed by atoms with Crippen molar-refractivity contribution in [2.45, 2.75) is 38.4 Å². The van der Waals surface area contributed by atoms with Crippen LogP contribution in [0.4, 0.5) is 5.69 Å². The van der Waals surface area contributed by atoms with Crippen LogP contribution < -0.4 is 19.7 Å². The summed E-state index contributed by atoms with van der Waals surface area (Å²) in [5.74, 6) is 0.217. The first-order valence-corrected chi connectivity index (χ1v) is 12.5. The molecule has 190 valence electrons. The highest BCUT2D eigenvalue weighted by Gasteiger charge is 2.49. The van der Waals surface area contributed by atoms with E-state index in [0.29, 0.717) is 46.5 Å². The monoisotopic (exact) mass is 492 g/mol. The zero-order valence-corrected chi connectivity index (χ0v) is 21.0. The fourth-order valence-corrected chi connectivity index (χ4v) is 5.74. The van der Waals surface area contributed by atoms with Crippen LogP contribution in [-0.4, -0.2) is 74.0 Å². The van der Waals surface area contributed by atoms with Crippen LogP contribution in [0.25, 0.3) is 0 Å². The summed E-state index contributed by atoms with van der Waals surface area (Å²) in [5, 5.41) is 3.05. The molecule has 36 heavy (non-hydrogen) atoms. The van der Waals surface area contributed by atoms with Crippen LogP contribution in [0.5, 0.6) is 11.5 Å². The van der Waals surface area contributed by atoms with E-state index in [9.17, 15) is 14.4 Å². The molecule has 1 fully saturated rings. The van der Waals surface area contributed by atoms with Gasteiger partial charge in [-0.05, 0) is 44.1 Å². The standard InChI is InChI=1S/C27H32N4O5/c1-4-29-14-7-8-17(29)16-28-22(32)13-15-30-25-19-11-12-21(35-2)24(36-3)23(19)27(34)31(25)20-10-6-5-9-18(20)26(30)33/h5-6,9-12,17,25H,4,7-8,13-16H2,1-3H3,(H,28,32)/t17-,25-/m0/s1. The Hall–Kier alpha value is -3.59. The number of carbonyl (C=O) groups excluding carboxylic acids is 3. The van der Waals surface area contributed by atoms with E-state index in [1.807, 2.05) is 6.07 Å². The first-order valence-electron chi connectivity index (χ1n) is 12.5. The number of nitrogens with one attached hydrogen (secondary N) is 1. The molecule has 5 rings (SSSR count). The van der Waals surface area contributed by atoms with Gasteiger partial charge in [0, 0.05) is 31.1 Å². The summed E-state index contributed by atoms with van der Waals surface area (Å²) in [7, 11) is 3.01. The van der Waals surface area contributed by atoms with Crippen molar-refractivity contribution >= 4 is 23.4 Å². The van der Waals surface area contributed by atoms with Gasteiger partial charge in [-0.15, -0.1) is 0 Å². The number of fused-ring (bicyclic) bond motifs is 5. The summed E-state index contributed by atoms with van der Waals surface area (Å²) in [5.41, 5.74) is 2.02. The number of amides is 3. The normalized spacial score (nSPS) is 20.8. The second-order valence-electron chi connectivity index (χ2n) is 9.31. The van der Waals surface area contributed by atoms with Crippen LogP contribution in [0.3, 0.4) is 0 Å². The molecule has 2 aromatic rings. The number of benzene rings is 2. The molecule has 3 aliphatic rings. The molecule has 0 saturated carbocycles.